The van der Waals surface area contributed by atoms with Crippen LogP contribution in [0.1, 0.15) is 30.6 Å². The van der Waals surface area contributed by atoms with Crippen LogP contribution in [-0.2, 0) is 14.3 Å². The number of furan rings is 1. The summed E-state index contributed by atoms with van der Waals surface area (Å²) in [6.07, 6.45) is 3.63. The van der Waals surface area contributed by atoms with Crippen LogP contribution in [0.4, 0.5) is 0 Å². The molecule has 2 aromatic rings. The molecule has 1 aliphatic carbocycles. The minimum atomic E-state index is -0.815. The third kappa shape index (κ3) is 3.36. The zero-order chi connectivity index (χ0) is 17.1. The Morgan fingerprint density at radius 2 is 2.04 bits per heavy atom. The highest BCUT2D eigenvalue weighted by Gasteiger charge is 2.40. The highest BCUT2D eigenvalue weighted by molar-refractivity contribution is 9.10. The predicted octanol–water partition coefficient (Wildman–Crippen LogP) is 4.36. The van der Waals surface area contributed by atoms with Gasteiger partial charge in [0.25, 0.3) is 0 Å². The molecule has 0 N–H and O–H groups in total. The molecule has 24 heavy (non-hydrogen) atoms. The number of carbonyl (C=O) groups is 2. The molecule has 0 aliphatic heterocycles. The van der Waals surface area contributed by atoms with E-state index >= 15 is 0 Å². The summed E-state index contributed by atoms with van der Waals surface area (Å²) in [6.45, 7) is 1.99. The average Bonchev–Trinajstić information content (AvgIpc) is 3.09. The molecule has 2 atom stereocenters. The number of rotatable bonds is 4. The molecule has 4 nitrogen and oxygen atoms in total. The van der Waals surface area contributed by atoms with Crippen molar-refractivity contribution in [3.8, 4) is 0 Å². The van der Waals surface area contributed by atoms with Crippen molar-refractivity contribution < 1.29 is 18.7 Å². The van der Waals surface area contributed by atoms with Crippen molar-refractivity contribution in [1.82, 2.24) is 0 Å². The van der Waals surface area contributed by atoms with E-state index in [1.807, 2.05) is 30.3 Å². The van der Waals surface area contributed by atoms with Gasteiger partial charge < -0.3 is 9.15 Å². The summed E-state index contributed by atoms with van der Waals surface area (Å²) in [5, 5.41) is 0. The molecule has 1 aromatic carbocycles. The Morgan fingerprint density at radius 1 is 1.29 bits per heavy atom. The number of esters is 1. The Hall–Kier alpha value is -2.14. The van der Waals surface area contributed by atoms with Crippen molar-refractivity contribution >= 4 is 33.3 Å². The standard InChI is InChI=1S/C19H17BrO4/c1-2-23-19(22)18-15(12-5-7-14(20)8-6-12)10-13(11-16(18)21)17-4-3-9-24-17/h3-9,11,15,18H,2,10H2,1H3/t15-,18-/m1/s1. The summed E-state index contributed by atoms with van der Waals surface area (Å²) in [7, 11) is 0. The lowest BCUT2D eigenvalue weighted by Crippen LogP contribution is -2.33. The minimum Gasteiger partial charge on any atom is -0.465 e. The zero-order valence-electron chi connectivity index (χ0n) is 13.2. The van der Waals surface area contributed by atoms with E-state index in [1.165, 1.54) is 6.08 Å². The van der Waals surface area contributed by atoms with Gasteiger partial charge in [0.15, 0.2) is 5.78 Å². The third-order valence-corrected chi connectivity index (χ3v) is 4.67. The van der Waals surface area contributed by atoms with Crippen LogP contribution < -0.4 is 0 Å². The quantitative estimate of drug-likeness (QED) is 0.576. The molecular formula is C19H17BrO4. The average molecular weight is 389 g/mol. The second-order valence-corrected chi connectivity index (χ2v) is 6.56. The molecule has 0 saturated heterocycles. The number of allylic oxidation sites excluding steroid dienone is 2. The van der Waals surface area contributed by atoms with Crippen LogP contribution in [0.15, 0.2) is 57.6 Å². The molecule has 124 valence electrons. The molecule has 0 spiro atoms. The molecule has 0 amide bonds. The fraction of sp³-hybridized carbons (Fsp3) is 0.263. The van der Waals surface area contributed by atoms with E-state index < -0.39 is 11.9 Å². The molecule has 0 fully saturated rings. The molecule has 1 aliphatic rings. The first-order chi connectivity index (χ1) is 11.6. The van der Waals surface area contributed by atoms with Crippen molar-refractivity contribution in [3.05, 3.63) is 64.5 Å². The van der Waals surface area contributed by atoms with Gasteiger partial charge in [-0.1, -0.05) is 28.1 Å². The third-order valence-electron chi connectivity index (χ3n) is 4.14. The van der Waals surface area contributed by atoms with Crippen LogP contribution in [0.3, 0.4) is 0 Å². The molecular weight excluding hydrogens is 372 g/mol. The van der Waals surface area contributed by atoms with Gasteiger partial charge in [0, 0.05) is 10.4 Å². The second-order valence-electron chi connectivity index (χ2n) is 5.64. The molecule has 0 saturated carbocycles. The first-order valence-corrected chi connectivity index (χ1v) is 8.60. The van der Waals surface area contributed by atoms with Gasteiger partial charge in [-0.05, 0) is 54.8 Å². The summed E-state index contributed by atoms with van der Waals surface area (Å²) in [6, 6.07) is 11.3. The number of halogens is 1. The molecule has 5 heteroatoms. The van der Waals surface area contributed by atoms with E-state index in [4.69, 9.17) is 9.15 Å². The van der Waals surface area contributed by atoms with Gasteiger partial charge in [-0.15, -0.1) is 0 Å². The summed E-state index contributed by atoms with van der Waals surface area (Å²) in [5.41, 5.74) is 1.74. The van der Waals surface area contributed by atoms with Crippen LogP contribution >= 0.6 is 15.9 Å². The first kappa shape index (κ1) is 16.7. The normalized spacial score (nSPS) is 20.6. The molecule has 0 radical (unpaired) electrons. The van der Waals surface area contributed by atoms with Gasteiger partial charge in [-0.3, -0.25) is 9.59 Å². The number of ether oxygens (including phenoxy) is 1. The monoisotopic (exact) mass is 388 g/mol. The van der Waals surface area contributed by atoms with Crippen molar-refractivity contribution in [2.24, 2.45) is 5.92 Å². The van der Waals surface area contributed by atoms with Crippen molar-refractivity contribution in [2.45, 2.75) is 19.3 Å². The maximum absolute atomic E-state index is 12.6. The Labute approximate surface area is 148 Å². The van der Waals surface area contributed by atoms with Gasteiger partial charge in [0.05, 0.1) is 12.9 Å². The van der Waals surface area contributed by atoms with E-state index in [9.17, 15) is 9.59 Å². The maximum atomic E-state index is 12.6. The maximum Gasteiger partial charge on any atom is 0.317 e. The SMILES string of the molecule is CCOC(=O)[C@H]1C(=O)C=C(c2ccco2)C[C@@H]1c1ccc(Br)cc1. The fourth-order valence-corrected chi connectivity index (χ4v) is 3.30. The number of ketones is 1. The van der Waals surface area contributed by atoms with E-state index in [-0.39, 0.29) is 18.3 Å². The molecule has 3 rings (SSSR count). The van der Waals surface area contributed by atoms with Gasteiger partial charge in [0.2, 0.25) is 0 Å². The largest absolute Gasteiger partial charge is 0.465 e. The van der Waals surface area contributed by atoms with E-state index in [2.05, 4.69) is 15.9 Å². The van der Waals surface area contributed by atoms with Gasteiger partial charge in [-0.25, -0.2) is 0 Å². The lowest BCUT2D eigenvalue weighted by Gasteiger charge is -2.28. The molecule has 0 bridgehead atoms. The number of carbonyl (C=O) groups excluding carboxylic acids is 2. The number of hydrogen-bond donors (Lipinski definition) is 0. The fourth-order valence-electron chi connectivity index (χ4n) is 3.04. The summed E-state index contributed by atoms with van der Waals surface area (Å²) < 4.78 is 11.5. The minimum absolute atomic E-state index is 0.237. The van der Waals surface area contributed by atoms with Crippen LogP contribution in [0.25, 0.3) is 5.57 Å². The lowest BCUT2D eigenvalue weighted by molar-refractivity contribution is -0.151. The Kier molecular flexibility index (Phi) is 5.00. The summed E-state index contributed by atoms with van der Waals surface area (Å²) in [4.78, 5) is 25.0. The lowest BCUT2D eigenvalue weighted by atomic mass is 9.74. The molecule has 1 aromatic heterocycles. The predicted molar refractivity (Wildman–Crippen MR) is 93.3 cm³/mol. The van der Waals surface area contributed by atoms with Crippen molar-refractivity contribution in [2.75, 3.05) is 6.61 Å². The Balaban J connectivity index is 2.00. The summed E-state index contributed by atoms with van der Waals surface area (Å²) >= 11 is 3.41. The van der Waals surface area contributed by atoms with E-state index in [0.717, 1.165) is 15.6 Å². The second kappa shape index (κ2) is 7.18. The first-order valence-electron chi connectivity index (χ1n) is 7.80. The van der Waals surface area contributed by atoms with Gasteiger partial charge in [0.1, 0.15) is 11.7 Å². The summed E-state index contributed by atoms with van der Waals surface area (Å²) in [5.74, 6) is -1.13. The highest BCUT2D eigenvalue weighted by Crippen LogP contribution is 2.40. The Bertz CT molecular complexity index is 759. The smallest absolute Gasteiger partial charge is 0.317 e. The van der Waals surface area contributed by atoms with Gasteiger partial charge in [-0.2, -0.15) is 0 Å². The van der Waals surface area contributed by atoms with E-state index in [0.29, 0.717) is 12.2 Å². The van der Waals surface area contributed by atoms with Gasteiger partial charge >= 0.3 is 5.97 Å². The van der Waals surface area contributed by atoms with Crippen LogP contribution in [0, 0.1) is 5.92 Å². The number of hydrogen-bond acceptors (Lipinski definition) is 4. The van der Waals surface area contributed by atoms with Crippen molar-refractivity contribution in [3.63, 3.8) is 0 Å². The topological polar surface area (TPSA) is 56.5 Å². The molecule has 1 heterocycles. The van der Waals surface area contributed by atoms with E-state index in [1.54, 1.807) is 19.3 Å². The van der Waals surface area contributed by atoms with Crippen LogP contribution in [0.2, 0.25) is 0 Å². The number of benzene rings is 1. The Morgan fingerprint density at radius 3 is 2.67 bits per heavy atom. The van der Waals surface area contributed by atoms with Crippen molar-refractivity contribution in [1.29, 1.82) is 0 Å². The van der Waals surface area contributed by atoms with Crippen LogP contribution in [-0.4, -0.2) is 18.4 Å². The highest BCUT2D eigenvalue weighted by atomic mass is 79.9. The molecule has 0 unspecified atom stereocenters. The van der Waals surface area contributed by atoms with Crippen LogP contribution in [0.5, 0.6) is 0 Å². The zero-order valence-corrected chi connectivity index (χ0v) is 14.8.